The molecule has 0 saturated heterocycles. The van der Waals surface area contributed by atoms with Crippen LogP contribution in [0.3, 0.4) is 0 Å². The Morgan fingerprint density at radius 2 is 2.05 bits per heavy atom. The van der Waals surface area contributed by atoms with Gasteiger partial charge in [0.1, 0.15) is 5.75 Å². The molecule has 5 nitrogen and oxygen atoms in total. The van der Waals surface area contributed by atoms with Gasteiger partial charge in [-0.2, -0.15) is 0 Å². The molecule has 7 heteroatoms. The number of rotatable bonds is 4. The number of nitro benzene ring substituents is 1. The van der Waals surface area contributed by atoms with E-state index < -0.39 is 11.0 Å². The summed E-state index contributed by atoms with van der Waals surface area (Å²) in [4.78, 5) is 10.4. The van der Waals surface area contributed by atoms with Crippen LogP contribution < -0.4 is 4.74 Å². The predicted octanol–water partition coefficient (Wildman–Crippen LogP) is 4.86. The van der Waals surface area contributed by atoms with E-state index in [1.54, 1.807) is 25.1 Å². The van der Waals surface area contributed by atoms with Gasteiger partial charge in [0.25, 0.3) is 0 Å². The molecule has 0 amide bonds. The Balaban J connectivity index is 2.36. The first-order valence-corrected chi connectivity index (χ1v) is 7.15. The molecule has 1 atom stereocenters. The maximum absolute atomic E-state index is 11.0. The van der Waals surface area contributed by atoms with Crippen molar-refractivity contribution < 1.29 is 14.8 Å². The van der Waals surface area contributed by atoms with Crippen molar-refractivity contribution >= 4 is 33.2 Å². The lowest BCUT2D eigenvalue weighted by Crippen LogP contribution is -1.95. The van der Waals surface area contributed by atoms with E-state index in [4.69, 9.17) is 16.3 Å². The van der Waals surface area contributed by atoms with Crippen LogP contribution in [-0.4, -0.2) is 10.0 Å². The van der Waals surface area contributed by atoms with E-state index in [2.05, 4.69) is 15.9 Å². The van der Waals surface area contributed by atoms with E-state index in [0.29, 0.717) is 20.8 Å². The summed E-state index contributed by atoms with van der Waals surface area (Å²) in [5, 5.41) is 20.9. The maximum Gasteiger partial charge on any atom is 0.311 e. The molecular formula is C14H11BrClNO4. The minimum Gasteiger partial charge on any atom is -0.450 e. The van der Waals surface area contributed by atoms with Crippen molar-refractivity contribution in [3.63, 3.8) is 0 Å². The van der Waals surface area contributed by atoms with Gasteiger partial charge in [0, 0.05) is 21.6 Å². The van der Waals surface area contributed by atoms with Gasteiger partial charge in [-0.25, -0.2) is 0 Å². The van der Waals surface area contributed by atoms with Crippen LogP contribution in [0, 0.1) is 10.1 Å². The Hall–Kier alpha value is -1.63. The van der Waals surface area contributed by atoms with Crippen LogP contribution >= 0.6 is 27.5 Å². The van der Waals surface area contributed by atoms with Gasteiger partial charge in [-0.05, 0) is 30.7 Å². The van der Waals surface area contributed by atoms with Crippen LogP contribution in [0.25, 0.3) is 0 Å². The monoisotopic (exact) mass is 371 g/mol. The van der Waals surface area contributed by atoms with Gasteiger partial charge in [0.2, 0.25) is 5.75 Å². The summed E-state index contributed by atoms with van der Waals surface area (Å²) < 4.78 is 6.18. The molecule has 0 aliphatic carbocycles. The van der Waals surface area contributed by atoms with Crippen LogP contribution in [0.4, 0.5) is 5.69 Å². The largest absolute Gasteiger partial charge is 0.450 e. The fraction of sp³-hybridized carbons (Fsp3) is 0.143. The quantitative estimate of drug-likeness (QED) is 0.614. The highest BCUT2D eigenvalue weighted by Crippen LogP contribution is 2.35. The zero-order chi connectivity index (χ0) is 15.6. The second kappa shape index (κ2) is 6.43. The molecule has 0 radical (unpaired) electrons. The van der Waals surface area contributed by atoms with E-state index in [0.717, 1.165) is 0 Å². The van der Waals surface area contributed by atoms with Gasteiger partial charge in [-0.1, -0.05) is 33.6 Å². The number of hydrogen-bond acceptors (Lipinski definition) is 4. The molecule has 0 saturated carbocycles. The van der Waals surface area contributed by atoms with Crippen LogP contribution in [0.5, 0.6) is 11.5 Å². The molecule has 2 aromatic rings. The number of halogens is 2. The maximum atomic E-state index is 11.0. The average Bonchev–Trinajstić information content (AvgIpc) is 2.37. The number of benzene rings is 2. The minimum absolute atomic E-state index is 0.0594. The molecule has 0 heterocycles. The third-order valence-corrected chi connectivity index (χ3v) is 3.69. The van der Waals surface area contributed by atoms with Gasteiger partial charge < -0.3 is 9.84 Å². The first-order valence-electron chi connectivity index (χ1n) is 5.98. The van der Waals surface area contributed by atoms with E-state index >= 15 is 0 Å². The van der Waals surface area contributed by atoms with Crippen molar-refractivity contribution in [3.05, 3.63) is 61.6 Å². The molecule has 0 aliphatic rings. The summed E-state index contributed by atoms with van der Waals surface area (Å²) in [6.07, 6.45) is -0.631. The van der Waals surface area contributed by atoms with Crippen LogP contribution in [-0.2, 0) is 0 Å². The Bertz CT molecular complexity index is 691. The topological polar surface area (TPSA) is 72.6 Å². The number of aliphatic hydroxyl groups excluding tert-OH is 1. The fourth-order valence-electron chi connectivity index (χ4n) is 1.76. The number of nitro groups is 1. The molecule has 0 aliphatic heterocycles. The summed E-state index contributed by atoms with van der Waals surface area (Å²) in [5.41, 5.74) is 0.526. The number of ether oxygens (including phenoxy) is 1. The van der Waals surface area contributed by atoms with Crippen LogP contribution in [0.1, 0.15) is 18.6 Å². The summed E-state index contributed by atoms with van der Waals surface area (Å²) in [5.74, 6) is 0.459. The van der Waals surface area contributed by atoms with Gasteiger partial charge in [0.05, 0.1) is 11.0 Å². The summed E-state index contributed by atoms with van der Waals surface area (Å²) >= 11 is 9.16. The molecule has 110 valence electrons. The highest BCUT2D eigenvalue weighted by Gasteiger charge is 2.17. The van der Waals surface area contributed by atoms with Crippen molar-refractivity contribution in [1.29, 1.82) is 0 Å². The lowest BCUT2D eigenvalue weighted by molar-refractivity contribution is -0.385. The number of nitrogens with zero attached hydrogens (tertiary/aromatic N) is 1. The number of aliphatic hydroxyl groups is 1. The zero-order valence-corrected chi connectivity index (χ0v) is 13.3. The standard InChI is InChI=1S/C14H11BrClNO4/c1-8(18)11-4-3-10(7-12(11)15)21-14-6-9(16)2-5-13(14)17(19)20/h2-8,18H,1H3/t8-/m0/s1. The van der Waals surface area contributed by atoms with Crippen molar-refractivity contribution in [2.24, 2.45) is 0 Å². The minimum atomic E-state index is -0.631. The fourth-order valence-corrected chi connectivity index (χ4v) is 2.61. The Morgan fingerprint density at radius 1 is 1.33 bits per heavy atom. The molecule has 0 bridgehead atoms. The second-order valence-corrected chi connectivity index (χ2v) is 5.62. The van der Waals surface area contributed by atoms with Crippen LogP contribution in [0.2, 0.25) is 5.02 Å². The first-order chi connectivity index (χ1) is 9.88. The zero-order valence-electron chi connectivity index (χ0n) is 10.9. The smallest absolute Gasteiger partial charge is 0.311 e. The van der Waals surface area contributed by atoms with E-state index in [-0.39, 0.29) is 11.4 Å². The average molecular weight is 373 g/mol. The van der Waals surface area contributed by atoms with Gasteiger partial charge in [-0.3, -0.25) is 10.1 Å². The van der Waals surface area contributed by atoms with Crippen molar-refractivity contribution in [1.82, 2.24) is 0 Å². The Morgan fingerprint density at radius 3 is 2.62 bits per heavy atom. The van der Waals surface area contributed by atoms with Crippen molar-refractivity contribution in [2.45, 2.75) is 13.0 Å². The molecule has 2 aromatic carbocycles. The van der Waals surface area contributed by atoms with E-state index in [9.17, 15) is 15.2 Å². The first kappa shape index (κ1) is 15.8. The highest BCUT2D eigenvalue weighted by atomic mass is 79.9. The molecule has 1 N–H and O–H groups in total. The molecular weight excluding hydrogens is 362 g/mol. The third kappa shape index (κ3) is 3.72. The van der Waals surface area contributed by atoms with Gasteiger partial charge in [0.15, 0.2) is 0 Å². The lowest BCUT2D eigenvalue weighted by Gasteiger charge is -2.11. The highest BCUT2D eigenvalue weighted by molar-refractivity contribution is 9.10. The molecule has 0 fully saturated rings. The molecule has 0 unspecified atom stereocenters. The molecule has 21 heavy (non-hydrogen) atoms. The van der Waals surface area contributed by atoms with Gasteiger partial charge >= 0.3 is 5.69 Å². The normalized spacial score (nSPS) is 12.0. The molecule has 0 spiro atoms. The van der Waals surface area contributed by atoms with E-state index in [1.165, 1.54) is 18.2 Å². The SMILES string of the molecule is C[C@H](O)c1ccc(Oc2cc(Cl)ccc2[N+](=O)[O-])cc1Br. The molecule has 0 aromatic heterocycles. The van der Waals surface area contributed by atoms with Crippen LogP contribution in [0.15, 0.2) is 40.9 Å². The van der Waals surface area contributed by atoms with Crippen molar-refractivity contribution in [3.8, 4) is 11.5 Å². The molecule has 2 rings (SSSR count). The Labute approximate surface area is 134 Å². The number of hydrogen-bond donors (Lipinski definition) is 1. The van der Waals surface area contributed by atoms with E-state index in [1.807, 2.05) is 0 Å². The van der Waals surface area contributed by atoms with Crippen molar-refractivity contribution in [2.75, 3.05) is 0 Å². The third-order valence-electron chi connectivity index (χ3n) is 2.77. The predicted molar refractivity (Wildman–Crippen MR) is 83.0 cm³/mol. The summed E-state index contributed by atoms with van der Waals surface area (Å²) in [6, 6.07) is 9.04. The summed E-state index contributed by atoms with van der Waals surface area (Å²) in [6.45, 7) is 1.64. The lowest BCUT2D eigenvalue weighted by atomic mass is 10.1. The Kier molecular flexibility index (Phi) is 4.82. The summed E-state index contributed by atoms with van der Waals surface area (Å²) in [7, 11) is 0. The second-order valence-electron chi connectivity index (χ2n) is 4.33. The van der Waals surface area contributed by atoms with Gasteiger partial charge in [-0.15, -0.1) is 0 Å².